The van der Waals surface area contributed by atoms with Gasteiger partial charge in [-0.3, -0.25) is 20.0 Å². The number of phenolic OH excluding ortho intramolecular Hbond substituents is 2. The Morgan fingerprint density at radius 1 is 0.970 bits per heavy atom. The summed E-state index contributed by atoms with van der Waals surface area (Å²) in [6, 6.07) is 18.9. The molecule has 7 nitrogen and oxygen atoms in total. The van der Waals surface area contributed by atoms with Crippen molar-refractivity contribution in [1.82, 2.24) is 5.32 Å². The van der Waals surface area contributed by atoms with Gasteiger partial charge >= 0.3 is 0 Å². The third-order valence-corrected chi connectivity index (χ3v) is 5.09. The van der Waals surface area contributed by atoms with Crippen molar-refractivity contribution >= 4 is 23.1 Å². The Kier molecular flexibility index (Phi) is 7.35. The third-order valence-electron chi connectivity index (χ3n) is 5.09. The van der Waals surface area contributed by atoms with E-state index in [1.807, 2.05) is 24.3 Å². The third kappa shape index (κ3) is 5.92. The van der Waals surface area contributed by atoms with E-state index in [4.69, 9.17) is 0 Å². The van der Waals surface area contributed by atoms with Crippen molar-refractivity contribution in [3.8, 4) is 11.5 Å². The van der Waals surface area contributed by atoms with Gasteiger partial charge in [0.25, 0.3) is 0 Å². The number of hydrogen-bond acceptors (Lipinski definition) is 6. The molecule has 3 rings (SSSR count). The summed E-state index contributed by atoms with van der Waals surface area (Å²) in [7, 11) is 1.77. The minimum absolute atomic E-state index is 0.0852. The molecule has 170 valence electrons. The molecule has 0 bridgehead atoms. The van der Waals surface area contributed by atoms with Gasteiger partial charge in [-0.05, 0) is 37.1 Å². The van der Waals surface area contributed by atoms with Crippen molar-refractivity contribution < 1.29 is 19.8 Å². The van der Waals surface area contributed by atoms with Gasteiger partial charge in [0.2, 0.25) is 5.91 Å². The second kappa shape index (κ2) is 10.4. The number of benzene rings is 3. The van der Waals surface area contributed by atoms with Crippen LogP contribution in [0.4, 0.5) is 11.4 Å². The molecule has 4 N–H and O–H groups in total. The molecular weight excluding hydrogens is 418 g/mol. The number of amides is 1. The first-order chi connectivity index (χ1) is 15.8. The molecule has 0 saturated heterocycles. The number of aromatic hydroxyl groups is 2. The van der Waals surface area contributed by atoms with E-state index in [0.29, 0.717) is 24.1 Å². The highest BCUT2D eigenvalue weighted by Gasteiger charge is 2.17. The fraction of sp³-hybridized carbons (Fsp3) is 0.154. The van der Waals surface area contributed by atoms with E-state index in [1.165, 1.54) is 6.07 Å². The Balaban J connectivity index is 1.69. The number of phenols is 2. The van der Waals surface area contributed by atoms with Gasteiger partial charge in [-0.1, -0.05) is 49.0 Å². The molecule has 0 aliphatic heterocycles. The Labute approximate surface area is 193 Å². The first kappa shape index (κ1) is 23.4. The SMILES string of the molecule is C=C(C)C(=O)NCCc1ccc(N(C)Nc2cc(C(=O)c3ccccc3)c(O)cc2O)cc1. The van der Waals surface area contributed by atoms with E-state index < -0.39 is 0 Å². The van der Waals surface area contributed by atoms with E-state index in [9.17, 15) is 19.8 Å². The molecule has 0 fully saturated rings. The van der Waals surface area contributed by atoms with Crippen molar-refractivity contribution in [1.29, 1.82) is 0 Å². The lowest BCUT2D eigenvalue weighted by Gasteiger charge is -2.23. The summed E-state index contributed by atoms with van der Waals surface area (Å²) in [5.74, 6) is -0.984. The molecule has 33 heavy (non-hydrogen) atoms. The van der Waals surface area contributed by atoms with E-state index in [-0.39, 0.29) is 34.4 Å². The monoisotopic (exact) mass is 445 g/mol. The predicted octanol–water partition coefficient (Wildman–Crippen LogP) is 4.03. The molecule has 0 unspecified atom stereocenters. The average Bonchev–Trinajstić information content (AvgIpc) is 2.81. The van der Waals surface area contributed by atoms with Crippen LogP contribution in [0.3, 0.4) is 0 Å². The quantitative estimate of drug-likeness (QED) is 0.130. The minimum atomic E-state index is -0.345. The highest BCUT2D eigenvalue weighted by Crippen LogP contribution is 2.33. The Bertz CT molecular complexity index is 1160. The zero-order valence-corrected chi connectivity index (χ0v) is 18.6. The van der Waals surface area contributed by atoms with Gasteiger partial charge in [0.05, 0.1) is 16.9 Å². The first-order valence-corrected chi connectivity index (χ1v) is 10.4. The van der Waals surface area contributed by atoms with Crippen LogP contribution in [0.1, 0.15) is 28.4 Å². The summed E-state index contributed by atoms with van der Waals surface area (Å²) < 4.78 is 0. The highest BCUT2D eigenvalue weighted by molar-refractivity contribution is 6.11. The van der Waals surface area contributed by atoms with Crippen molar-refractivity contribution in [3.63, 3.8) is 0 Å². The molecule has 0 saturated carbocycles. The number of carbonyl (C=O) groups excluding carboxylic acids is 2. The smallest absolute Gasteiger partial charge is 0.246 e. The molecular formula is C26H27N3O4. The molecule has 0 aliphatic rings. The fourth-order valence-corrected chi connectivity index (χ4v) is 3.20. The van der Waals surface area contributed by atoms with E-state index in [0.717, 1.165) is 17.3 Å². The van der Waals surface area contributed by atoms with Gasteiger partial charge in [-0.2, -0.15) is 0 Å². The number of nitrogens with one attached hydrogen (secondary N) is 2. The lowest BCUT2D eigenvalue weighted by Crippen LogP contribution is -2.26. The second-order valence-electron chi connectivity index (χ2n) is 7.71. The lowest BCUT2D eigenvalue weighted by molar-refractivity contribution is -0.117. The van der Waals surface area contributed by atoms with Crippen LogP contribution in [0.2, 0.25) is 0 Å². The molecule has 3 aromatic carbocycles. The highest BCUT2D eigenvalue weighted by atomic mass is 16.3. The van der Waals surface area contributed by atoms with Crippen LogP contribution in [0.25, 0.3) is 0 Å². The van der Waals surface area contributed by atoms with Gasteiger partial charge in [0.1, 0.15) is 11.5 Å². The molecule has 3 aromatic rings. The second-order valence-corrected chi connectivity index (χ2v) is 7.71. The van der Waals surface area contributed by atoms with Crippen LogP contribution >= 0.6 is 0 Å². The van der Waals surface area contributed by atoms with Gasteiger partial charge in [0, 0.05) is 30.8 Å². The van der Waals surface area contributed by atoms with Crippen LogP contribution in [-0.2, 0) is 11.2 Å². The number of carbonyl (C=O) groups is 2. The summed E-state index contributed by atoms with van der Waals surface area (Å²) >= 11 is 0. The van der Waals surface area contributed by atoms with Crippen LogP contribution in [0.5, 0.6) is 11.5 Å². The Morgan fingerprint density at radius 3 is 2.27 bits per heavy atom. The summed E-state index contributed by atoms with van der Waals surface area (Å²) in [5.41, 5.74) is 6.19. The van der Waals surface area contributed by atoms with Crippen LogP contribution < -0.4 is 15.8 Å². The predicted molar refractivity (Wildman–Crippen MR) is 130 cm³/mol. The molecule has 1 amide bonds. The largest absolute Gasteiger partial charge is 0.507 e. The van der Waals surface area contributed by atoms with Gasteiger partial charge in [-0.15, -0.1) is 0 Å². The number of rotatable bonds is 9. The maximum atomic E-state index is 12.8. The van der Waals surface area contributed by atoms with Crippen molar-refractivity contribution in [3.05, 3.63) is 95.6 Å². The van der Waals surface area contributed by atoms with E-state index in [1.54, 1.807) is 49.3 Å². The number of ketones is 1. The molecule has 0 aliphatic carbocycles. The molecule has 0 heterocycles. The molecule has 0 radical (unpaired) electrons. The fourth-order valence-electron chi connectivity index (χ4n) is 3.20. The number of anilines is 2. The van der Waals surface area contributed by atoms with Gasteiger partial charge in [0.15, 0.2) is 5.78 Å². The van der Waals surface area contributed by atoms with Crippen LogP contribution in [0.15, 0.2) is 78.9 Å². The minimum Gasteiger partial charge on any atom is -0.507 e. The normalized spacial score (nSPS) is 10.4. The van der Waals surface area contributed by atoms with Crippen molar-refractivity contribution in [2.75, 3.05) is 24.0 Å². The van der Waals surface area contributed by atoms with Crippen molar-refractivity contribution in [2.45, 2.75) is 13.3 Å². The van der Waals surface area contributed by atoms with Crippen LogP contribution in [0, 0.1) is 0 Å². The molecule has 0 aromatic heterocycles. The Hall–Kier alpha value is -4.26. The van der Waals surface area contributed by atoms with Crippen molar-refractivity contribution in [2.24, 2.45) is 0 Å². The molecule has 7 heteroatoms. The van der Waals surface area contributed by atoms with E-state index >= 15 is 0 Å². The van der Waals surface area contributed by atoms with E-state index in [2.05, 4.69) is 17.3 Å². The summed E-state index contributed by atoms with van der Waals surface area (Å²) in [6.07, 6.45) is 0.681. The summed E-state index contributed by atoms with van der Waals surface area (Å²) in [4.78, 5) is 24.3. The maximum Gasteiger partial charge on any atom is 0.246 e. The molecule has 0 spiro atoms. The first-order valence-electron chi connectivity index (χ1n) is 10.4. The number of hydrogen-bond donors (Lipinski definition) is 4. The standard InChI is InChI=1S/C26H27N3O4/c1-17(2)26(33)27-14-13-18-9-11-20(12-10-18)29(3)28-22-15-21(23(30)16-24(22)31)25(32)19-7-5-4-6-8-19/h4-12,15-16,28,30-31H,1,13-14H2,2-3H3,(H,27,33). The zero-order valence-electron chi connectivity index (χ0n) is 18.6. The summed E-state index contributed by atoms with van der Waals surface area (Å²) in [6.45, 7) is 5.79. The summed E-state index contributed by atoms with van der Waals surface area (Å²) in [5, 5.41) is 25.0. The number of hydrazine groups is 1. The Morgan fingerprint density at radius 2 is 1.64 bits per heavy atom. The average molecular weight is 446 g/mol. The zero-order chi connectivity index (χ0) is 24.0. The maximum absolute atomic E-state index is 12.8. The van der Waals surface area contributed by atoms with Crippen LogP contribution in [-0.4, -0.2) is 35.5 Å². The van der Waals surface area contributed by atoms with Gasteiger partial charge in [-0.25, -0.2) is 0 Å². The van der Waals surface area contributed by atoms with Gasteiger partial charge < -0.3 is 15.5 Å². The number of nitrogens with zero attached hydrogens (tertiary/aromatic N) is 1. The topological polar surface area (TPSA) is 102 Å². The lowest BCUT2D eigenvalue weighted by atomic mass is 10.0. The molecule has 0 atom stereocenters.